The molecule has 0 amide bonds. The molecule has 6 rings (SSSR count). The van der Waals surface area contributed by atoms with Crippen LogP contribution in [0.3, 0.4) is 0 Å². The number of benzene rings is 6. The molecule has 0 fully saturated rings. The van der Waals surface area contributed by atoms with Crippen molar-refractivity contribution in [2.75, 3.05) is 0 Å². The monoisotopic (exact) mass is 1070 g/mol. The molecule has 1 N–H and O–H groups in total. The van der Waals surface area contributed by atoms with Gasteiger partial charge in [0, 0.05) is 16.7 Å². The zero-order chi connectivity index (χ0) is 57.5. The summed E-state index contributed by atoms with van der Waals surface area (Å²) in [5, 5.41) is 10.0. The number of hydrogen-bond donors (Lipinski definition) is 1. The van der Waals surface area contributed by atoms with E-state index in [9.17, 15) is 24.3 Å². The van der Waals surface area contributed by atoms with Gasteiger partial charge in [-0.05, 0) is 228 Å². The Labute approximate surface area is 459 Å². The average molecular weight is 1070 g/mol. The highest BCUT2D eigenvalue weighted by atomic mass is 35.5. The van der Waals surface area contributed by atoms with Gasteiger partial charge in [0.05, 0.1) is 5.56 Å². The minimum atomic E-state index is -0.671. The van der Waals surface area contributed by atoms with Crippen molar-refractivity contribution >= 4 is 34.8 Å². The molecule has 0 saturated carbocycles. The van der Waals surface area contributed by atoms with Gasteiger partial charge in [0.1, 0.15) is 63.0 Å². The summed E-state index contributed by atoms with van der Waals surface area (Å²) in [4.78, 5) is 46.8. The van der Waals surface area contributed by atoms with E-state index < -0.39 is 35.4 Å². The molecule has 0 radical (unpaired) electrons. The molecule has 0 atom stereocenters. The Morgan fingerprint density at radius 2 is 0.649 bits per heavy atom. The van der Waals surface area contributed by atoms with Gasteiger partial charge in [0.25, 0.3) is 5.24 Å². The molecule has 0 aromatic heterocycles. The van der Waals surface area contributed by atoms with Gasteiger partial charge < -0.3 is 38.3 Å². The summed E-state index contributed by atoms with van der Waals surface area (Å²) in [7, 11) is 0. The molecular formula is C64H73ClO12. The summed E-state index contributed by atoms with van der Waals surface area (Å²) < 4.78 is 39.6. The highest BCUT2D eigenvalue weighted by molar-refractivity contribution is 6.67. The number of esters is 3. The Bertz CT molecular complexity index is 2800. The second kappa shape index (κ2) is 26.9. The summed E-state index contributed by atoms with van der Waals surface area (Å²) >= 11 is 5.25. The van der Waals surface area contributed by atoms with Crippen molar-refractivity contribution in [3.63, 3.8) is 0 Å². The minimum Gasteiger partial charge on any atom is -0.488 e. The van der Waals surface area contributed by atoms with Crippen molar-refractivity contribution in [2.24, 2.45) is 0 Å². The number of carbonyl (C=O) groups is 4. The lowest BCUT2D eigenvalue weighted by Crippen LogP contribution is -2.23. The van der Waals surface area contributed by atoms with Crippen LogP contribution in [0.2, 0.25) is 0 Å². The first kappa shape index (κ1) is 61.9. The van der Waals surface area contributed by atoms with Gasteiger partial charge in [-0.25, -0.2) is 14.4 Å². The standard InChI is InChI=1S/C32H36O6.C21H28O3.C11H9ClO3/c1-21(2)29(33)35-25-15-13-24(14-16-25)30(34)36-28(22-9-17-26(18-10-22)37-31(3,4)5)23-11-19-27(20-12-23)38-32(6,7)8;1-20(2,3)23-17-11-7-15(8-12-17)19(22)16-9-13-18(14-10-16)24-21(4,5)6;1-7(2)11(14)15-9-5-3-8(4-6-9)10(12)13/h9-20,28H,1H2,2-8H3;7-14,19,22H,1-6H3;3-6H,1H2,2H3. The molecule has 12 nitrogen and oxygen atoms in total. The van der Waals surface area contributed by atoms with E-state index in [1.807, 2.05) is 180 Å². The second-order valence-electron chi connectivity index (χ2n) is 22.0. The van der Waals surface area contributed by atoms with Crippen LogP contribution in [-0.4, -0.2) is 50.7 Å². The highest BCUT2D eigenvalue weighted by Gasteiger charge is 2.23. The molecule has 6 aromatic carbocycles. The molecule has 0 bridgehead atoms. The summed E-state index contributed by atoms with van der Waals surface area (Å²) in [5.41, 5.74) is 3.39. The number of aliphatic hydroxyl groups is 1. The lowest BCUT2D eigenvalue weighted by Gasteiger charge is -2.24. The molecule has 6 aromatic rings. The summed E-state index contributed by atoms with van der Waals surface area (Å²) in [5.74, 6) is 2.16. The molecule has 0 aliphatic heterocycles. The van der Waals surface area contributed by atoms with Gasteiger partial charge >= 0.3 is 17.9 Å². The van der Waals surface area contributed by atoms with E-state index in [2.05, 4.69) is 13.2 Å². The fourth-order valence-electron chi connectivity index (χ4n) is 6.67. The molecule has 0 spiro atoms. The van der Waals surface area contributed by atoms with E-state index in [0.717, 1.165) is 45.3 Å². The zero-order valence-electron chi connectivity index (χ0n) is 46.7. The fraction of sp³-hybridized carbons (Fsp3) is 0.312. The predicted octanol–water partition coefficient (Wildman–Crippen LogP) is 15.1. The molecule has 13 heteroatoms. The molecule has 0 unspecified atom stereocenters. The van der Waals surface area contributed by atoms with Gasteiger partial charge in [0.2, 0.25) is 0 Å². The van der Waals surface area contributed by atoms with Gasteiger partial charge in [0.15, 0.2) is 6.10 Å². The van der Waals surface area contributed by atoms with Crippen molar-refractivity contribution in [1.29, 1.82) is 0 Å². The lowest BCUT2D eigenvalue weighted by atomic mass is 10.0. The Kier molecular flexibility index (Phi) is 21.6. The summed E-state index contributed by atoms with van der Waals surface area (Å²) in [6.45, 7) is 34.1. The summed E-state index contributed by atoms with van der Waals surface area (Å²) in [6, 6.07) is 42.3. The van der Waals surface area contributed by atoms with Gasteiger partial charge in [-0.3, -0.25) is 4.79 Å². The normalized spacial score (nSPS) is 11.4. The van der Waals surface area contributed by atoms with Crippen LogP contribution in [0.5, 0.6) is 34.5 Å². The molecular weight excluding hydrogens is 996 g/mol. The van der Waals surface area contributed by atoms with Crippen LogP contribution in [0.25, 0.3) is 0 Å². The van der Waals surface area contributed by atoms with Gasteiger partial charge in [-0.2, -0.15) is 0 Å². The molecule has 0 aliphatic rings. The number of aliphatic hydroxyl groups excluding tert-OH is 1. The van der Waals surface area contributed by atoms with Crippen molar-refractivity contribution in [2.45, 2.75) is 132 Å². The van der Waals surface area contributed by atoms with E-state index in [1.54, 1.807) is 38.1 Å². The topological polar surface area (TPSA) is 153 Å². The van der Waals surface area contributed by atoms with E-state index in [-0.39, 0.29) is 28.0 Å². The van der Waals surface area contributed by atoms with E-state index in [4.69, 9.17) is 44.8 Å². The maximum Gasteiger partial charge on any atom is 0.339 e. The van der Waals surface area contributed by atoms with Crippen LogP contribution in [0.1, 0.15) is 152 Å². The smallest absolute Gasteiger partial charge is 0.339 e. The van der Waals surface area contributed by atoms with E-state index in [0.29, 0.717) is 28.2 Å². The third-order valence-electron chi connectivity index (χ3n) is 9.97. The summed E-state index contributed by atoms with van der Waals surface area (Å²) in [6.07, 6.45) is -1.34. The maximum atomic E-state index is 13.2. The maximum absolute atomic E-state index is 13.2. The Hall–Kier alpha value is -7.67. The predicted molar refractivity (Wildman–Crippen MR) is 303 cm³/mol. The van der Waals surface area contributed by atoms with Crippen LogP contribution in [0.15, 0.2) is 170 Å². The molecule has 408 valence electrons. The number of rotatable bonds is 15. The number of halogens is 1. The highest BCUT2D eigenvalue weighted by Crippen LogP contribution is 2.33. The zero-order valence-corrected chi connectivity index (χ0v) is 47.5. The quantitative estimate of drug-likeness (QED) is 0.0451. The van der Waals surface area contributed by atoms with E-state index in [1.165, 1.54) is 24.3 Å². The molecule has 0 heterocycles. The Morgan fingerprint density at radius 1 is 0.403 bits per heavy atom. The van der Waals surface area contributed by atoms with Crippen LogP contribution < -0.4 is 28.4 Å². The minimum absolute atomic E-state index is 0.233. The van der Waals surface area contributed by atoms with Crippen LogP contribution in [0.4, 0.5) is 0 Å². The first-order chi connectivity index (χ1) is 35.7. The van der Waals surface area contributed by atoms with Gasteiger partial charge in [-0.15, -0.1) is 0 Å². The first-order valence-corrected chi connectivity index (χ1v) is 25.3. The lowest BCUT2D eigenvalue weighted by molar-refractivity contribution is -0.130. The average Bonchev–Trinajstić information content (AvgIpc) is 3.33. The SMILES string of the molecule is C=C(C)C(=O)Oc1ccc(C(=O)Cl)cc1.C=C(C)C(=O)Oc1ccc(C(=O)OC(c2ccc(OC(C)(C)C)cc2)c2ccc(OC(C)(C)C)cc2)cc1.CC(C)(C)Oc1ccc(C(O)c2ccc(OC(C)(C)C)cc2)cc1. The third kappa shape index (κ3) is 22.2. The molecule has 0 saturated heterocycles. The Morgan fingerprint density at radius 3 is 0.896 bits per heavy atom. The van der Waals surface area contributed by atoms with Crippen molar-refractivity contribution < 1.29 is 57.4 Å². The second-order valence-corrected chi connectivity index (χ2v) is 22.3. The van der Waals surface area contributed by atoms with Crippen LogP contribution >= 0.6 is 11.6 Å². The molecule has 0 aliphatic carbocycles. The number of carbonyl (C=O) groups excluding carboxylic acids is 4. The largest absolute Gasteiger partial charge is 0.488 e. The fourth-order valence-corrected chi connectivity index (χ4v) is 6.80. The van der Waals surface area contributed by atoms with Crippen molar-refractivity contribution in [3.05, 3.63) is 203 Å². The number of hydrogen-bond acceptors (Lipinski definition) is 12. The van der Waals surface area contributed by atoms with Crippen LogP contribution in [-0.2, 0) is 14.3 Å². The number of ether oxygens (including phenoxy) is 7. The Balaban J connectivity index is 0.000000278. The van der Waals surface area contributed by atoms with Crippen molar-refractivity contribution in [3.8, 4) is 34.5 Å². The van der Waals surface area contributed by atoms with Gasteiger partial charge in [-0.1, -0.05) is 61.7 Å². The van der Waals surface area contributed by atoms with Crippen LogP contribution in [0, 0.1) is 0 Å². The third-order valence-corrected chi connectivity index (χ3v) is 10.2. The first-order valence-electron chi connectivity index (χ1n) is 24.9. The van der Waals surface area contributed by atoms with E-state index >= 15 is 0 Å². The van der Waals surface area contributed by atoms with Crippen molar-refractivity contribution in [1.82, 2.24) is 0 Å². The molecule has 77 heavy (non-hydrogen) atoms.